The Balaban J connectivity index is 1.45. The second-order valence-corrected chi connectivity index (χ2v) is 7.29. The van der Waals surface area contributed by atoms with Crippen LogP contribution in [0, 0.1) is 0 Å². The first kappa shape index (κ1) is 16.7. The minimum atomic E-state index is 0.685. The summed E-state index contributed by atoms with van der Waals surface area (Å²) in [5.41, 5.74) is 8.00. The maximum Gasteiger partial charge on any atom is 0.119 e. The Morgan fingerprint density at radius 2 is 1.65 bits per heavy atom. The van der Waals surface area contributed by atoms with E-state index in [-0.39, 0.29) is 0 Å². The molecule has 0 unspecified atom stereocenters. The van der Waals surface area contributed by atoms with Crippen LogP contribution in [0.5, 0.6) is 5.75 Å². The van der Waals surface area contributed by atoms with E-state index in [2.05, 4.69) is 68.4 Å². The summed E-state index contributed by atoms with van der Waals surface area (Å²) in [4.78, 5) is 3.30. The van der Waals surface area contributed by atoms with Crippen molar-refractivity contribution in [1.82, 2.24) is 5.43 Å². The Morgan fingerprint density at radius 3 is 2.27 bits per heavy atom. The molecule has 0 atom stereocenters. The van der Waals surface area contributed by atoms with E-state index in [0.717, 1.165) is 22.8 Å². The fourth-order valence-electron chi connectivity index (χ4n) is 2.85. The molecule has 0 radical (unpaired) electrons. The molecule has 6 heteroatoms. The fraction of sp³-hybridized carbons (Fsp3) is 0.200. The van der Waals surface area contributed by atoms with Crippen LogP contribution in [0.4, 0.5) is 17.1 Å². The zero-order valence-corrected chi connectivity index (χ0v) is 16.0. The minimum absolute atomic E-state index is 0.685. The third kappa shape index (κ3) is 3.20. The maximum atomic E-state index is 5.51. The Morgan fingerprint density at radius 1 is 0.962 bits per heavy atom. The summed E-state index contributed by atoms with van der Waals surface area (Å²) in [5, 5.41) is 2.06. The van der Waals surface area contributed by atoms with Crippen molar-refractivity contribution in [3.05, 3.63) is 71.5 Å². The molecule has 0 aromatic heterocycles. The molecule has 0 aliphatic carbocycles. The van der Waals surface area contributed by atoms with E-state index < -0.39 is 0 Å². The molecule has 0 saturated carbocycles. The lowest BCUT2D eigenvalue weighted by Gasteiger charge is -2.20. The first-order valence-corrected chi connectivity index (χ1v) is 9.39. The van der Waals surface area contributed by atoms with Gasteiger partial charge in [-0.2, -0.15) is 0 Å². The molecule has 0 amide bonds. The Kier molecular flexibility index (Phi) is 4.42. The fourth-order valence-corrected chi connectivity index (χ4v) is 3.80. The standard InChI is InChI=1S/C20H22N4OS/c1-4-25-18-11-9-17(10-12-18)24-13-19-20(26-24)14-23(21-19)16-7-5-15(6-8-16)22(2)3/h5-14,21H,4H2,1-3H3. The van der Waals surface area contributed by atoms with Crippen molar-refractivity contribution in [2.75, 3.05) is 34.9 Å². The van der Waals surface area contributed by atoms with E-state index in [1.807, 2.05) is 33.2 Å². The van der Waals surface area contributed by atoms with Gasteiger partial charge in [0.05, 0.1) is 28.6 Å². The van der Waals surface area contributed by atoms with Crippen molar-refractivity contribution >= 4 is 29.0 Å². The molecule has 4 rings (SSSR count). The molecule has 2 aliphatic heterocycles. The van der Waals surface area contributed by atoms with E-state index >= 15 is 0 Å². The lowest BCUT2D eigenvalue weighted by Crippen LogP contribution is -2.27. The molecule has 2 aromatic rings. The smallest absolute Gasteiger partial charge is 0.119 e. The zero-order valence-electron chi connectivity index (χ0n) is 15.1. The second-order valence-electron chi connectivity index (χ2n) is 6.27. The maximum absolute atomic E-state index is 5.51. The summed E-state index contributed by atoms with van der Waals surface area (Å²) in [6.07, 6.45) is 4.26. The normalized spacial score (nSPS) is 15.3. The summed E-state index contributed by atoms with van der Waals surface area (Å²) >= 11 is 1.71. The van der Waals surface area contributed by atoms with Crippen molar-refractivity contribution in [1.29, 1.82) is 0 Å². The molecule has 26 heavy (non-hydrogen) atoms. The monoisotopic (exact) mass is 366 g/mol. The van der Waals surface area contributed by atoms with Gasteiger partial charge in [0.15, 0.2) is 0 Å². The molecule has 0 spiro atoms. The van der Waals surface area contributed by atoms with Gasteiger partial charge in [-0.25, -0.2) is 0 Å². The first-order chi connectivity index (χ1) is 12.6. The predicted octanol–water partition coefficient (Wildman–Crippen LogP) is 4.33. The average molecular weight is 366 g/mol. The highest BCUT2D eigenvalue weighted by molar-refractivity contribution is 8.05. The molecular formula is C20H22N4OS. The van der Waals surface area contributed by atoms with Gasteiger partial charge in [0.2, 0.25) is 0 Å². The Hall–Kier alpha value is -2.73. The predicted molar refractivity (Wildman–Crippen MR) is 110 cm³/mol. The highest BCUT2D eigenvalue weighted by Gasteiger charge is 2.28. The van der Waals surface area contributed by atoms with Gasteiger partial charge in [0, 0.05) is 32.2 Å². The number of hydrazine groups is 1. The SMILES string of the molecule is CCOc1ccc(N2C=C3NN(c4ccc(N(C)C)cc4)C=C3S2)cc1. The van der Waals surface area contributed by atoms with Crippen LogP contribution in [-0.2, 0) is 0 Å². The van der Waals surface area contributed by atoms with E-state index in [0.29, 0.717) is 6.61 Å². The van der Waals surface area contributed by atoms with Gasteiger partial charge >= 0.3 is 0 Å². The summed E-state index contributed by atoms with van der Waals surface area (Å²) in [5.74, 6) is 0.901. The van der Waals surface area contributed by atoms with Crippen LogP contribution in [0.3, 0.4) is 0 Å². The minimum Gasteiger partial charge on any atom is -0.494 e. The molecule has 134 valence electrons. The average Bonchev–Trinajstić information content (AvgIpc) is 3.22. The van der Waals surface area contributed by atoms with E-state index in [1.54, 1.807) is 11.9 Å². The molecule has 2 aromatic carbocycles. The number of ether oxygens (including phenoxy) is 1. The third-order valence-corrected chi connectivity index (χ3v) is 5.28. The van der Waals surface area contributed by atoms with E-state index in [1.165, 1.54) is 10.6 Å². The van der Waals surface area contributed by atoms with Crippen LogP contribution in [0.25, 0.3) is 0 Å². The van der Waals surface area contributed by atoms with Crippen molar-refractivity contribution in [2.24, 2.45) is 0 Å². The Bertz CT molecular complexity index is 843. The number of benzene rings is 2. The van der Waals surface area contributed by atoms with Crippen LogP contribution in [0.2, 0.25) is 0 Å². The number of hydrogen-bond donors (Lipinski definition) is 1. The van der Waals surface area contributed by atoms with Crippen LogP contribution in [0.15, 0.2) is 71.5 Å². The number of anilines is 3. The van der Waals surface area contributed by atoms with Gasteiger partial charge < -0.3 is 9.64 Å². The van der Waals surface area contributed by atoms with Crippen LogP contribution >= 0.6 is 11.9 Å². The first-order valence-electron chi connectivity index (χ1n) is 8.61. The summed E-state index contributed by atoms with van der Waals surface area (Å²) in [7, 11) is 4.10. The number of rotatable bonds is 5. The second kappa shape index (κ2) is 6.88. The highest BCUT2D eigenvalue weighted by Crippen LogP contribution is 2.42. The Labute approximate surface area is 158 Å². The van der Waals surface area contributed by atoms with Gasteiger partial charge in [0.1, 0.15) is 5.75 Å². The molecule has 0 saturated heterocycles. The van der Waals surface area contributed by atoms with Crippen molar-refractivity contribution in [3.63, 3.8) is 0 Å². The topological polar surface area (TPSA) is 31.0 Å². The molecule has 1 N–H and O–H groups in total. The number of fused-ring (bicyclic) bond motifs is 1. The van der Waals surface area contributed by atoms with Gasteiger partial charge in [-0.1, -0.05) is 0 Å². The van der Waals surface area contributed by atoms with E-state index in [9.17, 15) is 0 Å². The van der Waals surface area contributed by atoms with Crippen molar-refractivity contribution < 1.29 is 4.74 Å². The highest BCUT2D eigenvalue weighted by atomic mass is 32.2. The molecular weight excluding hydrogens is 344 g/mol. The number of nitrogens with zero attached hydrogens (tertiary/aromatic N) is 3. The zero-order chi connectivity index (χ0) is 18.1. The summed E-state index contributed by atoms with van der Waals surface area (Å²) in [6, 6.07) is 16.7. The largest absolute Gasteiger partial charge is 0.494 e. The summed E-state index contributed by atoms with van der Waals surface area (Å²) < 4.78 is 7.67. The van der Waals surface area contributed by atoms with Gasteiger partial charge in [0.25, 0.3) is 0 Å². The third-order valence-electron chi connectivity index (χ3n) is 4.24. The molecule has 0 bridgehead atoms. The molecule has 5 nitrogen and oxygen atoms in total. The van der Waals surface area contributed by atoms with Crippen LogP contribution < -0.4 is 24.4 Å². The van der Waals surface area contributed by atoms with Gasteiger partial charge in [-0.05, 0) is 67.4 Å². The van der Waals surface area contributed by atoms with Crippen molar-refractivity contribution in [3.8, 4) is 5.75 Å². The lowest BCUT2D eigenvalue weighted by atomic mass is 10.2. The van der Waals surface area contributed by atoms with Gasteiger partial charge in [-0.3, -0.25) is 14.7 Å². The molecule has 2 aliphatic rings. The van der Waals surface area contributed by atoms with Crippen LogP contribution in [-0.4, -0.2) is 20.7 Å². The summed E-state index contributed by atoms with van der Waals surface area (Å²) in [6.45, 7) is 2.68. The quantitative estimate of drug-likeness (QED) is 0.793. The van der Waals surface area contributed by atoms with Crippen LogP contribution in [0.1, 0.15) is 6.92 Å². The van der Waals surface area contributed by atoms with Crippen molar-refractivity contribution in [2.45, 2.75) is 6.92 Å². The molecule has 0 fully saturated rings. The molecule has 2 heterocycles. The van der Waals surface area contributed by atoms with Gasteiger partial charge in [-0.15, -0.1) is 0 Å². The van der Waals surface area contributed by atoms with E-state index in [4.69, 9.17) is 4.74 Å². The number of hydrogen-bond acceptors (Lipinski definition) is 6. The number of nitrogens with one attached hydrogen (secondary N) is 1. The lowest BCUT2D eigenvalue weighted by molar-refractivity contribution is 0.340.